The van der Waals surface area contributed by atoms with Crippen molar-refractivity contribution in [1.29, 1.82) is 0 Å². The number of aromatic amines is 1. The van der Waals surface area contributed by atoms with Crippen molar-refractivity contribution in [3.05, 3.63) is 107 Å². The second-order valence-corrected chi connectivity index (χ2v) is 9.40. The Morgan fingerprint density at radius 1 is 1.12 bits per heavy atom. The molecule has 1 fully saturated rings. The molecule has 4 aromatic rings. The largest absolute Gasteiger partial charge is 0.491 e. The Bertz CT molecular complexity index is 1560. The van der Waals surface area contributed by atoms with Crippen molar-refractivity contribution in [1.82, 2.24) is 20.2 Å². The number of terminal acetylenes is 1. The van der Waals surface area contributed by atoms with Gasteiger partial charge in [-0.1, -0.05) is 55.3 Å². The molecule has 1 saturated heterocycles. The average Bonchev–Trinajstić information content (AvgIpc) is 3.57. The zero-order valence-corrected chi connectivity index (χ0v) is 21.7. The standard InChI is InChI=1S/C31H27FN4O4/c1-3-20-9-14-24(25(32)17-20)26-18-33-29(34-26)28(19(2)21-7-5-4-6-8-21)36-30(38)27(35-31(36)39)22-10-12-23(13-11-22)40-16-15-37/h1,4-14,17-19,27-28,37H,15-16H2,2H3,(H,33,34)(H,35,39)/t19-,27+,28?/m0/s1. The van der Waals surface area contributed by atoms with E-state index in [1.54, 1.807) is 36.4 Å². The van der Waals surface area contributed by atoms with Gasteiger partial charge >= 0.3 is 6.03 Å². The van der Waals surface area contributed by atoms with Crippen LogP contribution in [0.5, 0.6) is 5.75 Å². The summed E-state index contributed by atoms with van der Waals surface area (Å²) >= 11 is 0. The first-order chi connectivity index (χ1) is 19.4. The highest BCUT2D eigenvalue weighted by Crippen LogP contribution is 2.39. The molecule has 1 aliphatic heterocycles. The Hall–Kier alpha value is -4.94. The van der Waals surface area contributed by atoms with Gasteiger partial charge in [-0.15, -0.1) is 6.42 Å². The molecule has 0 bridgehead atoms. The van der Waals surface area contributed by atoms with Crippen LogP contribution in [0.25, 0.3) is 11.3 Å². The third kappa shape index (κ3) is 5.17. The van der Waals surface area contributed by atoms with E-state index in [2.05, 4.69) is 21.2 Å². The molecule has 3 N–H and O–H groups in total. The topological polar surface area (TPSA) is 108 Å². The Morgan fingerprint density at radius 2 is 1.88 bits per heavy atom. The van der Waals surface area contributed by atoms with Gasteiger partial charge in [0.05, 0.1) is 18.5 Å². The number of hydrogen-bond donors (Lipinski definition) is 3. The van der Waals surface area contributed by atoms with Gasteiger partial charge in [0, 0.05) is 17.0 Å². The maximum absolute atomic E-state index is 14.8. The van der Waals surface area contributed by atoms with E-state index in [9.17, 15) is 14.0 Å². The quantitative estimate of drug-likeness (QED) is 0.211. The fraction of sp³-hybridized carbons (Fsp3) is 0.194. The molecule has 1 unspecified atom stereocenters. The number of halogens is 1. The number of ether oxygens (including phenoxy) is 1. The number of aromatic nitrogens is 2. The summed E-state index contributed by atoms with van der Waals surface area (Å²) in [5.74, 6) is 1.97. The number of nitrogens with zero attached hydrogens (tertiary/aromatic N) is 2. The highest BCUT2D eigenvalue weighted by Gasteiger charge is 2.46. The number of aliphatic hydroxyl groups is 1. The zero-order chi connectivity index (χ0) is 28.2. The summed E-state index contributed by atoms with van der Waals surface area (Å²) in [6, 6.07) is 18.4. The van der Waals surface area contributed by atoms with Gasteiger partial charge in [-0.05, 0) is 41.5 Å². The molecule has 8 nitrogen and oxygen atoms in total. The molecule has 0 saturated carbocycles. The van der Waals surface area contributed by atoms with Crippen molar-refractivity contribution in [3.8, 4) is 29.4 Å². The number of carbonyl (C=O) groups is 2. The molecule has 3 aromatic carbocycles. The van der Waals surface area contributed by atoms with Crippen LogP contribution in [-0.2, 0) is 4.79 Å². The second-order valence-electron chi connectivity index (χ2n) is 9.40. The first-order valence-electron chi connectivity index (χ1n) is 12.7. The van der Waals surface area contributed by atoms with Gasteiger partial charge in [0.1, 0.15) is 36.1 Å². The van der Waals surface area contributed by atoms with E-state index in [4.69, 9.17) is 16.3 Å². The normalized spacial score (nSPS) is 16.4. The molecule has 0 aliphatic carbocycles. The monoisotopic (exact) mass is 538 g/mol. The average molecular weight is 539 g/mol. The van der Waals surface area contributed by atoms with Crippen LogP contribution in [0.2, 0.25) is 0 Å². The van der Waals surface area contributed by atoms with Gasteiger partial charge < -0.3 is 20.1 Å². The molecular formula is C31H27FN4O4. The molecule has 202 valence electrons. The van der Waals surface area contributed by atoms with E-state index in [1.165, 1.54) is 17.2 Å². The van der Waals surface area contributed by atoms with Crippen molar-refractivity contribution in [2.75, 3.05) is 13.2 Å². The molecule has 5 rings (SSSR count). The minimum atomic E-state index is -0.909. The van der Waals surface area contributed by atoms with Gasteiger partial charge in [0.15, 0.2) is 0 Å². The smallest absolute Gasteiger partial charge is 0.325 e. The van der Waals surface area contributed by atoms with Crippen molar-refractivity contribution < 1.29 is 23.8 Å². The molecule has 1 aliphatic rings. The number of aliphatic hydroxyl groups excluding tert-OH is 1. The molecule has 3 amide bonds. The molecule has 3 atom stereocenters. The summed E-state index contributed by atoms with van der Waals surface area (Å²) in [6.07, 6.45) is 6.87. The summed E-state index contributed by atoms with van der Waals surface area (Å²) in [5.41, 5.74) is 2.55. The van der Waals surface area contributed by atoms with Crippen LogP contribution in [-0.4, -0.2) is 45.1 Å². The second kappa shape index (κ2) is 11.4. The van der Waals surface area contributed by atoms with Crippen LogP contribution in [0, 0.1) is 18.2 Å². The lowest BCUT2D eigenvalue weighted by atomic mass is 9.91. The third-order valence-electron chi connectivity index (χ3n) is 6.92. The Labute approximate surface area is 230 Å². The highest BCUT2D eigenvalue weighted by molar-refractivity contribution is 6.05. The first kappa shape index (κ1) is 26.7. The Kier molecular flexibility index (Phi) is 7.62. The van der Waals surface area contributed by atoms with Crippen LogP contribution in [0.15, 0.2) is 79.0 Å². The van der Waals surface area contributed by atoms with Crippen molar-refractivity contribution in [3.63, 3.8) is 0 Å². The van der Waals surface area contributed by atoms with E-state index >= 15 is 0 Å². The fourth-order valence-electron chi connectivity index (χ4n) is 4.87. The lowest BCUT2D eigenvalue weighted by Gasteiger charge is -2.29. The number of benzene rings is 3. The Balaban J connectivity index is 1.50. The van der Waals surface area contributed by atoms with E-state index in [0.29, 0.717) is 28.4 Å². The fourth-order valence-corrected chi connectivity index (χ4v) is 4.87. The predicted octanol–water partition coefficient (Wildman–Crippen LogP) is 4.71. The summed E-state index contributed by atoms with van der Waals surface area (Å²) < 4.78 is 20.2. The SMILES string of the molecule is C#Cc1ccc(-c2cnc(C([C@@H](C)c3ccccc3)N3C(=O)N[C@H](c4ccc(OCCO)cc4)C3=O)[nH]2)c(F)c1. The maximum atomic E-state index is 14.8. The number of H-pyrrole nitrogens is 1. The summed E-state index contributed by atoms with van der Waals surface area (Å²) in [4.78, 5) is 36.0. The molecule has 9 heteroatoms. The van der Waals surface area contributed by atoms with E-state index in [1.807, 2.05) is 37.3 Å². The van der Waals surface area contributed by atoms with Crippen molar-refractivity contribution in [2.45, 2.75) is 24.9 Å². The molecule has 0 radical (unpaired) electrons. The van der Waals surface area contributed by atoms with Crippen LogP contribution in [0.3, 0.4) is 0 Å². The van der Waals surface area contributed by atoms with Gasteiger partial charge in [-0.2, -0.15) is 0 Å². The predicted molar refractivity (Wildman–Crippen MR) is 147 cm³/mol. The Morgan fingerprint density at radius 3 is 2.55 bits per heavy atom. The molecule has 40 heavy (non-hydrogen) atoms. The van der Waals surface area contributed by atoms with Crippen LogP contribution >= 0.6 is 0 Å². The highest BCUT2D eigenvalue weighted by atomic mass is 19.1. The van der Waals surface area contributed by atoms with Crippen LogP contribution in [0.4, 0.5) is 9.18 Å². The van der Waals surface area contributed by atoms with E-state index in [0.717, 1.165) is 5.56 Å². The number of rotatable bonds is 9. The number of urea groups is 1. The first-order valence-corrected chi connectivity index (χ1v) is 12.7. The summed E-state index contributed by atoms with van der Waals surface area (Å²) in [7, 11) is 0. The van der Waals surface area contributed by atoms with E-state index in [-0.39, 0.29) is 24.7 Å². The number of nitrogens with one attached hydrogen (secondary N) is 2. The lowest BCUT2D eigenvalue weighted by molar-refractivity contribution is -0.129. The number of carbonyl (C=O) groups excluding carboxylic acids is 2. The maximum Gasteiger partial charge on any atom is 0.325 e. The summed E-state index contributed by atoms with van der Waals surface area (Å²) in [5, 5.41) is 11.8. The van der Waals surface area contributed by atoms with Crippen molar-refractivity contribution in [2.24, 2.45) is 0 Å². The molecular weight excluding hydrogens is 511 g/mol. The number of hydrogen-bond acceptors (Lipinski definition) is 5. The number of imidazole rings is 1. The molecule has 1 aromatic heterocycles. The van der Waals surface area contributed by atoms with Crippen LogP contribution in [0.1, 0.15) is 47.4 Å². The van der Waals surface area contributed by atoms with E-state index < -0.39 is 29.8 Å². The third-order valence-corrected chi connectivity index (χ3v) is 6.92. The van der Waals surface area contributed by atoms with Gasteiger partial charge in [0.2, 0.25) is 0 Å². The minimum Gasteiger partial charge on any atom is -0.491 e. The number of amides is 3. The van der Waals surface area contributed by atoms with Gasteiger partial charge in [0.25, 0.3) is 5.91 Å². The van der Waals surface area contributed by atoms with Crippen molar-refractivity contribution >= 4 is 11.9 Å². The number of imide groups is 1. The minimum absolute atomic E-state index is 0.119. The summed E-state index contributed by atoms with van der Waals surface area (Å²) in [6.45, 7) is 1.94. The molecule has 0 spiro atoms. The van der Waals surface area contributed by atoms with Crippen LogP contribution < -0.4 is 10.1 Å². The lowest BCUT2D eigenvalue weighted by Crippen LogP contribution is -2.38. The zero-order valence-electron chi connectivity index (χ0n) is 21.7. The van der Waals surface area contributed by atoms with Gasteiger partial charge in [-0.3, -0.25) is 9.69 Å². The molecule has 2 heterocycles. The van der Waals surface area contributed by atoms with Gasteiger partial charge in [-0.25, -0.2) is 14.2 Å².